The molecule has 1 aliphatic rings. The monoisotopic (exact) mass is 1130 g/mol. The molecule has 1 aliphatic heterocycles. The summed E-state index contributed by atoms with van der Waals surface area (Å²) in [7, 11) is 9.60. The van der Waals surface area contributed by atoms with Gasteiger partial charge in [0.15, 0.2) is 0 Å². The van der Waals surface area contributed by atoms with Crippen LogP contribution in [0.25, 0.3) is 22.3 Å². The van der Waals surface area contributed by atoms with Gasteiger partial charge < -0.3 is 50.8 Å². The molecule has 6 aromatic rings. The molecule has 16 nitrogen and oxygen atoms in total. The van der Waals surface area contributed by atoms with Crippen molar-refractivity contribution < 1.29 is 38.2 Å². The molecule has 440 valence electrons. The smallest absolute Gasteiger partial charge is 0.249 e. The zero-order valence-electron chi connectivity index (χ0n) is 49.5. The van der Waals surface area contributed by atoms with Gasteiger partial charge in [0, 0.05) is 79.6 Å². The number of rotatable bonds is 26. The standard InChI is InChI=1S/C34H42N4O4.C33H42N4O4/c1-35-33(40)30(21-25-11-6-4-7-12-25)38(3)34(41)31(37(2)32(39)24-42-23-29-15-10-20-36-29)22-26-16-18-28(19-17-26)27-13-8-5-9-14-27;1-33(2,34)23-41-22-30(38)36(4)29(21-25-16-18-27(19-17-25)26-14-10-7-11-15-26)32(40)37(5)28(31(39)35-3)20-24-12-8-6-9-13-24/h4-9,11-14,16-19,29-31,36H,10,15,20-24H2,1-3H3,(H,35,40);6-19,28-29H,20-23,34H2,1-5H3,(H,35,39)/t29-,30+,31+;28-,29?/m01/s1. The van der Waals surface area contributed by atoms with Crippen LogP contribution in [0.5, 0.6) is 0 Å². The van der Waals surface area contributed by atoms with Crippen LogP contribution in [0.15, 0.2) is 170 Å². The summed E-state index contributed by atoms with van der Waals surface area (Å²) in [5.74, 6) is -1.81. The Morgan fingerprint density at radius 1 is 0.494 bits per heavy atom. The van der Waals surface area contributed by atoms with Crippen molar-refractivity contribution in [3.63, 3.8) is 0 Å². The minimum absolute atomic E-state index is 0.113. The first kappa shape index (κ1) is 64.2. The Kier molecular flexibility index (Phi) is 24.7. The molecule has 1 fully saturated rings. The molecule has 5 atom stereocenters. The Hall–Kier alpha value is -8.02. The number of benzene rings is 6. The Morgan fingerprint density at radius 2 is 0.831 bits per heavy atom. The molecule has 1 unspecified atom stereocenters. The Labute approximate surface area is 490 Å². The minimum atomic E-state index is -0.854. The van der Waals surface area contributed by atoms with E-state index in [1.807, 2.05) is 172 Å². The van der Waals surface area contributed by atoms with Gasteiger partial charge in [-0.15, -0.1) is 0 Å². The number of nitrogens with one attached hydrogen (secondary N) is 3. The number of nitrogens with two attached hydrogens (primary N) is 1. The van der Waals surface area contributed by atoms with E-state index in [0.717, 1.165) is 63.9 Å². The summed E-state index contributed by atoms with van der Waals surface area (Å²) in [6.07, 6.45) is 3.40. The third-order valence-corrected chi connectivity index (χ3v) is 15.0. The van der Waals surface area contributed by atoms with Crippen molar-refractivity contribution in [1.29, 1.82) is 0 Å². The van der Waals surface area contributed by atoms with Gasteiger partial charge in [-0.25, -0.2) is 0 Å². The molecule has 0 aromatic heterocycles. The molecule has 16 heteroatoms. The van der Waals surface area contributed by atoms with Crippen LogP contribution in [0, 0.1) is 0 Å². The lowest BCUT2D eigenvalue weighted by molar-refractivity contribution is -0.149. The van der Waals surface area contributed by atoms with E-state index in [4.69, 9.17) is 15.2 Å². The van der Waals surface area contributed by atoms with Crippen LogP contribution in [0.4, 0.5) is 0 Å². The highest BCUT2D eigenvalue weighted by Gasteiger charge is 2.37. The number of ether oxygens (including phenoxy) is 2. The summed E-state index contributed by atoms with van der Waals surface area (Å²) >= 11 is 0. The number of amides is 6. The van der Waals surface area contributed by atoms with E-state index in [1.165, 1.54) is 19.6 Å². The fraction of sp³-hybridized carbons (Fsp3) is 0.373. The number of hydrogen-bond acceptors (Lipinski definition) is 10. The normalized spacial score (nSPS) is 14.3. The molecule has 0 aliphatic carbocycles. The van der Waals surface area contributed by atoms with Crippen LogP contribution in [-0.2, 0) is 63.9 Å². The summed E-state index contributed by atoms with van der Waals surface area (Å²) in [5, 5.41) is 8.74. The zero-order chi connectivity index (χ0) is 59.9. The first-order chi connectivity index (χ1) is 39.9. The fourth-order valence-electron chi connectivity index (χ4n) is 9.89. The molecule has 83 heavy (non-hydrogen) atoms. The molecule has 0 saturated carbocycles. The predicted octanol–water partition coefficient (Wildman–Crippen LogP) is 6.60. The molecule has 0 bridgehead atoms. The number of hydrogen-bond donors (Lipinski definition) is 4. The van der Waals surface area contributed by atoms with Crippen molar-refractivity contribution in [2.24, 2.45) is 5.73 Å². The topological polar surface area (TPSA) is 196 Å². The molecule has 0 spiro atoms. The van der Waals surface area contributed by atoms with Gasteiger partial charge in [0.2, 0.25) is 35.4 Å². The van der Waals surface area contributed by atoms with Gasteiger partial charge in [0.05, 0.1) is 13.2 Å². The Bertz CT molecular complexity index is 2980. The number of carbonyl (C=O) groups is 6. The SMILES string of the molecule is CNC(=O)[C@@H](Cc1ccccc1)N(C)C(=O)C(Cc1ccc(-c2ccccc2)cc1)N(C)C(=O)COCC(C)(C)N.CNC(=O)[C@@H](Cc1ccccc1)N(C)C(=O)[C@@H](Cc1ccc(-c2ccccc2)cc1)N(C)C(=O)COC[C@@H]1CCCN1. The summed E-state index contributed by atoms with van der Waals surface area (Å²) in [5.41, 5.74) is 13.4. The van der Waals surface area contributed by atoms with Gasteiger partial charge in [0.25, 0.3) is 0 Å². The van der Waals surface area contributed by atoms with Crippen molar-refractivity contribution in [2.45, 2.75) is 88.1 Å². The lowest BCUT2D eigenvalue weighted by Gasteiger charge is -2.34. The van der Waals surface area contributed by atoms with E-state index >= 15 is 0 Å². The average Bonchev–Trinajstić information content (AvgIpc) is 4.08. The number of likely N-dealkylation sites (N-methyl/N-ethyl adjacent to an activating group) is 6. The van der Waals surface area contributed by atoms with E-state index in [0.29, 0.717) is 25.9 Å². The Balaban J connectivity index is 0.000000267. The average molecular weight is 1130 g/mol. The van der Waals surface area contributed by atoms with Crippen molar-refractivity contribution in [3.8, 4) is 22.3 Å². The second-order valence-corrected chi connectivity index (χ2v) is 21.9. The van der Waals surface area contributed by atoms with E-state index in [-0.39, 0.29) is 67.7 Å². The van der Waals surface area contributed by atoms with Gasteiger partial charge in [-0.05, 0) is 77.7 Å². The molecule has 5 N–H and O–H groups in total. The lowest BCUT2D eigenvalue weighted by Crippen LogP contribution is -2.56. The second kappa shape index (κ2) is 32.0. The maximum absolute atomic E-state index is 14.1. The summed E-state index contributed by atoms with van der Waals surface area (Å²) < 4.78 is 11.3. The number of carbonyl (C=O) groups excluding carboxylic acids is 6. The first-order valence-corrected chi connectivity index (χ1v) is 28.4. The van der Waals surface area contributed by atoms with E-state index in [1.54, 1.807) is 42.3 Å². The molecular formula is C67H84N8O8. The van der Waals surface area contributed by atoms with Crippen molar-refractivity contribution in [3.05, 3.63) is 192 Å². The van der Waals surface area contributed by atoms with E-state index < -0.39 is 29.7 Å². The van der Waals surface area contributed by atoms with Crippen LogP contribution in [-0.4, -0.2) is 166 Å². The fourth-order valence-corrected chi connectivity index (χ4v) is 9.89. The van der Waals surface area contributed by atoms with E-state index in [9.17, 15) is 28.8 Å². The maximum Gasteiger partial charge on any atom is 0.249 e. The van der Waals surface area contributed by atoms with Crippen LogP contribution >= 0.6 is 0 Å². The first-order valence-electron chi connectivity index (χ1n) is 28.4. The molecular weight excluding hydrogens is 1040 g/mol. The van der Waals surface area contributed by atoms with Gasteiger partial charge >= 0.3 is 0 Å². The quantitative estimate of drug-likeness (QED) is 0.0460. The lowest BCUT2D eigenvalue weighted by atomic mass is 9.98. The van der Waals surface area contributed by atoms with Crippen LogP contribution in [0.1, 0.15) is 48.9 Å². The highest BCUT2D eigenvalue weighted by atomic mass is 16.5. The highest BCUT2D eigenvalue weighted by Crippen LogP contribution is 2.24. The molecule has 1 heterocycles. The maximum atomic E-state index is 14.1. The molecule has 6 amide bonds. The summed E-state index contributed by atoms with van der Waals surface area (Å²) in [6, 6.07) is 52.3. The van der Waals surface area contributed by atoms with Crippen molar-refractivity contribution >= 4 is 35.4 Å². The summed E-state index contributed by atoms with van der Waals surface area (Å²) in [4.78, 5) is 86.4. The van der Waals surface area contributed by atoms with Crippen molar-refractivity contribution in [2.75, 3.05) is 75.3 Å². The minimum Gasteiger partial charge on any atom is -0.370 e. The zero-order valence-corrected chi connectivity index (χ0v) is 49.5. The van der Waals surface area contributed by atoms with Crippen molar-refractivity contribution in [1.82, 2.24) is 35.6 Å². The molecule has 7 rings (SSSR count). The van der Waals surface area contributed by atoms with Gasteiger partial charge in [-0.1, -0.05) is 170 Å². The third-order valence-electron chi connectivity index (χ3n) is 15.0. The summed E-state index contributed by atoms with van der Waals surface area (Å²) in [6.45, 7) is 4.92. The van der Waals surface area contributed by atoms with E-state index in [2.05, 4.69) is 28.1 Å². The largest absolute Gasteiger partial charge is 0.370 e. The van der Waals surface area contributed by atoms with Crippen LogP contribution in [0.2, 0.25) is 0 Å². The van der Waals surface area contributed by atoms with Gasteiger partial charge in [-0.2, -0.15) is 0 Å². The molecule has 1 saturated heterocycles. The third kappa shape index (κ3) is 19.6. The molecule has 0 radical (unpaired) electrons. The highest BCUT2D eigenvalue weighted by molar-refractivity contribution is 5.93. The second-order valence-electron chi connectivity index (χ2n) is 21.9. The Morgan fingerprint density at radius 3 is 1.18 bits per heavy atom. The van der Waals surface area contributed by atoms with Gasteiger partial charge in [0.1, 0.15) is 37.4 Å². The predicted molar refractivity (Wildman–Crippen MR) is 327 cm³/mol. The molecule has 6 aromatic carbocycles. The van der Waals surface area contributed by atoms with Gasteiger partial charge in [-0.3, -0.25) is 28.8 Å². The van der Waals surface area contributed by atoms with Crippen LogP contribution in [0.3, 0.4) is 0 Å². The van der Waals surface area contributed by atoms with Crippen LogP contribution < -0.4 is 21.7 Å². The number of nitrogens with zero attached hydrogens (tertiary/aromatic N) is 4.